The minimum Gasteiger partial charge on any atom is -0.359 e. The van der Waals surface area contributed by atoms with E-state index in [2.05, 4.69) is 16.0 Å². The molecule has 1 rings (SSSR count). The van der Waals surface area contributed by atoms with Crippen LogP contribution in [-0.4, -0.2) is 43.9 Å². The van der Waals surface area contributed by atoms with E-state index in [1.165, 1.54) is 7.05 Å². The Hall–Kier alpha value is -1.24. The lowest BCUT2D eigenvalue weighted by atomic mass is 9.92. The predicted octanol–water partition coefficient (Wildman–Crippen LogP) is -0.128. The summed E-state index contributed by atoms with van der Waals surface area (Å²) in [5.74, 6) is -3.55. The second-order valence-corrected chi connectivity index (χ2v) is 5.17. The molecule has 0 aromatic carbocycles. The van der Waals surface area contributed by atoms with Gasteiger partial charge in [-0.1, -0.05) is 0 Å². The molecule has 1 atom stereocenters. The molecule has 0 radical (unpaired) electrons. The smallest absolute Gasteiger partial charge is 0.262 e. The summed E-state index contributed by atoms with van der Waals surface area (Å²) in [7, 11) is 1.50. The maximum Gasteiger partial charge on any atom is 0.262 e. The van der Waals surface area contributed by atoms with Crippen molar-refractivity contribution in [2.24, 2.45) is 5.41 Å². The zero-order chi connectivity index (χ0) is 14.0. The average Bonchev–Trinajstić information content (AvgIpc) is 2.65. The number of hydrogen-bond donors (Lipinski definition) is 3. The van der Waals surface area contributed by atoms with Crippen molar-refractivity contribution in [3.8, 4) is 0 Å². The van der Waals surface area contributed by atoms with Gasteiger partial charge in [-0.3, -0.25) is 14.9 Å². The van der Waals surface area contributed by atoms with Gasteiger partial charge < -0.3 is 10.6 Å². The second-order valence-electron chi connectivity index (χ2n) is 5.17. The van der Waals surface area contributed by atoms with Crippen LogP contribution in [0, 0.1) is 5.41 Å². The van der Waals surface area contributed by atoms with Crippen molar-refractivity contribution in [1.29, 1.82) is 0 Å². The maximum atomic E-state index is 12.9. The molecular weight excluding hydrogens is 244 g/mol. The van der Waals surface area contributed by atoms with Crippen molar-refractivity contribution in [3.63, 3.8) is 0 Å². The van der Waals surface area contributed by atoms with Crippen LogP contribution in [0.15, 0.2) is 0 Å². The molecule has 7 heteroatoms. The summed E-state index contributed by atoms with van der Waals surface area (Å²) < 4.78 is 25.8. The van der Waals surface area contributed by atoms with E-state index in [0.29, 0.717) is 0 Å². The molecule has 0 aromatic rings. The fraction of sp³-hybridized carbons (Fsp3) is 0.818. The summed E-state index contributed by atoms with van der Waals surface area (Å²) in [6, 6.07) is -0.888. The van der Waals surface area contributed by atoms with Crippen molar-refractivity contribution < 1.29 is 18.4 Å². The Kier molecular flexibility index (Phi) is 4.26. The lowest BCUT2D eigenvalue weighted by Crippen LogP contribution is -2.48. The molecule has 0 spiro atoms. The number of alkyl halides is 2. The molecule has 5 nitrogen and oxygen atoms in total. The Morgan fingerprint density at radius 1 is 1.44 bits per heavy atom. The average molecular weight is 263 g/mol. The van der Waals surface area contributed by atoms with Crippen LogP contribution in [0.1, 0.15) is 20.3 Å². The zero-order valence-electron chi connectivity index (χ0n) is 10.8. The van der Waals surface area contributed by atoms with E-state index < -0.39 is 36.3 Å². The van der Waals surface area contributed by atoms with Gasteiger partial charge in [0.2, 0.25) is 11.8 Å². The molecule has 0 aliphatic carbocycles. The van der Waals surface area contributed by atoms with Gasteiger partial charge in [0.1, 0.15) is 0 Å². The first-order valence-electron chi connectivity index (χ1n) is 5.79. The van der Waals surface area contributed by atoms with Crippen LogP contribution in [0.5, 0.6) is 0 Å². The molecule has 1 aliphatic rings. The zero-order valence-corrected chi connectivity index (χ0v) is 10.8. The van der Waals surface area contributed by atoms with Crippen LogP contribution in [-0.2, 0) is 9.59 Å². The van der Waals surface area contributed by atoms with Crippen molar-refractivity contribution >= 4 is 11.8 Å². The van der Waals surface area contributed by atoms with E-state index in [0.717, 1.165) is 0 Å². The highest BCUT2D eigenvalue weighted by atomic mass is 19.3. The third-order valence-corrected chi connectivity index (χ3v) is 2.97. The van der Waals surface area contributed by atoms with Crippen LogP contribution in [0.3, 0.4) is 0 Å². The highest BCUT2D eigenvalue weighted by molar-refractivity contribution is 5.85. The van der Waals surface area contributed by atoms with E-state index >= 15 is 0 Å². The molecule has 0 aromatic heterocycles. The van der Waals surface area contributed by atoms with Crippen LogP contribution >= 0.6 is 0 Å². The molecule has 104 valence electrons. The van der Waals surface area contributed by atoms with E-state index in [1.54, 1.807) is 13.8 Å². The topological polar surface area (TPSA) is 70.2 Å². The number of rotatable bonds is 4. The third kappa shape index (κ3) is 3.63. The van der Waals surface area contributed by atoms with Gasteiger partial charge in [0.25, 0.3) is 5.92 Å². The Morgan fingerprint density at radius 2 is 2.06 bits per heavy atom. The van der Waals surface area contributed by atoms with Gasteiger partial charge in [-0.25, -0.2) is 8.78 Å². The van der Waals surface area contributed by atoms with Gasteiger partial charge in [0, 0.05) is 20.0 Å². The molecule has 1 heterocycles. The molecular formula is C11H19F2N3O2. The monoisotopic (exact) mass is 263 g/mol. The van der Waals surface area contributed by atoms with Gasteiger partial charge in [-0.15, -0.1) is 0 Å². The fourth-order valence-electron chi connectivity index (χ4n) is 1.75. The number of carbonyl (C=O) groups is 2. The first-order valence-corrected chi connectivity index (χ1v) is 5.79. The first-order chi connectivity index (χ1) is 8.18. The fourth-order valence-corrected chi connectivity index (χ4v) is 1.75. The highest BCUT2D eigenvalue weighted by Crippen LogP contribution is 2.25. The van der Waals surface area contributed by atoms with Gasteiger partial charge >= 0.3 is 0 Å². The molecule has 1 saturated heterocycles. The summed E-state index contributed by atoms with van der Waals surface area (Å²) in [6.45, 7) is 2.96. The van der Waals surface area contributed by atoms with E-state index in [9.17, 15) is 18.4 Å². The largest absolute Gasteiger partial charge is 0.359 e. The Morgan fingerprint density at radius 3 is 2.50 bits per heavy atom. The standard InChI is InChI=1S/C11H19F2N3O2/c1-10(2,9(18)14-3)5-16-8(17)7-4-11(12,13)6-15-7/h7,15H,4-6H2,1-3H3,(H,14,18)(H,16,17). The van der Waals surface area contributed by atoms with Gasteiger partial charge in [0.15, 0.2) is 0 Å². The minimum atomic E-state index is -2.84. The summed E-state index contributed by atoms with van der Waals surface area (Å²) in [5, 5.41) is 7.47. The van der Waals surface area contributed by atoms with Crippen LogP contribution < -0.4 is 16.0 Å². The van der Waals surface area contributed by atoms with Crippen molar-refractivity contribution in [2.75, 3.05) is 20.1 Å². The van der Waals surface area contributed by atoms with Gasteiger partial charge in [-0.05, 0) is 13.8 Å². The lowest BCUT2D eigenvalue weighted by Gasteiger charge is -2.23. The molecule has 3 N–H and O–H groups in total. The van der Waals surface area contributed by atoms with Gasteiger partial charge in [0.05, 0.1) is 18.0 Å². The quantitative estimate of drug-likeness (QED) is 0.662. The number of nitrogens with one attached hydrogen (secondary N) is 3. The molecule has 0 saturated carbocycles. The summed E-state index contributed by atoms with van der Waals surface area (Å²) >= 11 is 0. The predicted molar refractivity (Wildman–Crippen MR) is 62.2 cm³/mol. The van der Waals surface area contributed by atoms with Crippen molar-refractivity contribution in [3.05, 3.63) is 0 Å². The molecule has 1 aliphatic heterocycles. The summed E-state index contributed by atoms with van der Waals surface area (Å²) in [5.41, 5.74) is -0.772. The number of hydrogen-bond acceptors (Lipinski definition) is 3. The minimum absolute atomic E-state index is 0.106. The number of amides is 2. The summed E-state index contributed by atoms with van der Waals surface area (Å²) in [4.78, 5) is 23.1. The van der Waals surface area contributed by atoms with E-state index in [-0.39, 0.29) is 12.5 Å². The lowest BCUT2D eigenvalue weighted by molar-refractivity contribution is -0.129. The van der Waals surface area contributed by atoms with Crippen molar-refractivity contribution in [2.45, 2.75) is 32.2 Å². The molecule has 2 amide bonds. The highest BCUT2D eigenvalue weighted by Gasteiger charge is 2.42. The van der Waals surface area contributed by atoms with Crippen LogP contribution in [0.4, 0.5) is 8.78 Å². The first kappa shape index (κ1) is 14.8. The number of carbonyl (C=O) groups excluding carboxylic acids is 2. The second kappa shape index (κ2) is 5.17. The molecule has 18 heavy (non-hydrogen) atoms. The van der Waals surface area contributed by atoms with Crippen LogP contribution in [0.2, 0.25) is 0 Å². The van der Waals surface area contributed by atoms with E-state index in [4.69, 9.17) is 0 Å². The maximum absolute atomic E-state index is 12.9. The molecule has 0 bridgehead atoms. The summed E-state index contributed by atoms with van der Waals surface area (Å²) in [6.07, 6.45) is -0.501. The normalized spacial score (nSPS) is 22.6. The Balaban J connectivity index is 2.45. The molecule has 1 unspecified atom stereocenters. The Bertz CT molecular complexity index is 345. The van der Waals surface area contributed by atoms with E-state index in [1.807, 2.05) is 0 Å². The van der Waals surface area contributed by atoms with Crippen molar-refractivity contribution in [1.82, 2.24) is 16.0 Å². The Labute approximate surface area is 105 Å². The van der Waals surface area contributed by atoms with Gasteiger partial charge in [-0.2, -0.15) is 0 Å². The van der Waals surface area contributed by atoms with Crippen LogP contribution in [0.25, 0.3) is 0 Å². The SMILES string of the molecule is CNC(=O)C(C)(C)CNC(=O)C1CC(F)(F)CN1. The molecule has 1 fully saturated rings. The third-order valence-electron chi connectivity index (χ3n) is 2.97. The number of halogens is 2.